The lowest BCUT2D eigenvalue weighted by Crippen LogP contribution is -2.41. The van der Waals surface area contributed by atoms with Crippen LogP contribution < -0.4 is 14.4 Å². The lowest BCUT2D eigenvalue weighted by molar-refractivity contribution is 0.0981. The van der Waals surface area contributed by atoms with Crippen molar-refractivity contribution in [1.29, 1.82) is 0 Å². The third kappa shape index (κ3) is 5.60. The summed E-state index contributed by atoms with van der Waals surface area (Å²) < 4.78 is 39.3. The summed E-state index contributed by atoms with van der Waals surface area (Å²) in [6.45, 7) is 8.70. The molecule has 4 heterocycles. The number of anilines is 1. The molecule has 0 radical (unpaired) electrons. The number of hydrogen-bond donors (Lipinski definition) is 1. The van der Waals surface area contributed by atoms with E-state index < -0.39 is 15.9 Å². The molecule has 1 saturated heterocycles. The minimum absolute atomic E-state index is 0.0293. The van der Waals surface area contributed by atoms with Crippen LogP contribution in [0.1, 0.15) is 43.4 Å². The molecule has 1 aliphatic rings. The van der Waals surface area contributed by atoms with E-state index in [-0.39, 0.29) is 22.0 Å². The van der Waals surface area contributed by atoms with Gasteiger partial charge < -0.3 is 14.2 Å². The third-order valence-corrected chi connectivity index (χ3v) is 7.63. The second-order valence-electron chi connectivity index (χ2n) is 10.1. The maximum atomic E-state index is 13.2. The molecule has 5 rings (SSSR count). The van der Waals surface area contributed by atoms with Gasteiger partial charge in [0.2, 0.25) is 17.6 Å². The quantitative estimate of drug-likeness (QED) is 0.354. The van der Waals surface area contributed by atoms with Crippen molar-refractivity contribution in [3.8, 4) is 23.0 Å². The summed E-state index contributed by atoms with van der Waals surface area (Å²) in [5, 5.41) is 3.53. The molecule has 0 saturated carbocycles. The monoisotopic (exact) mass is 548 g/mol. The van der Waals surface area contributed by atoms with Crippen LogP contribution in [0.4, 0.5) is 5.82 Å². The molecule has 1 N–H and O–H groups in total. The van der Waals surface area contributed by atoms with Gasteiger partial charge in [-0.05, 0) is 56.5 Å². The van der Waals surface area contributed by atoms with Crippen molar-refractivity contribution >= 4 is 21.7 Å². The largest absolute Gasteiger partial charge is 0.439 e. The van der Waals surface area contributed by atoms with Crippen LogP contribution in [0, 0.1) is 12.8 Å². The van der Waals surface area contributed by atoms with Crippen LogP contribution in [0.15, 0.2) is 70.3 Å². The van der Waals surface area contributed by atoms with Gasteiger partial charge in [-0.25, -0.2) is 9.71 Å². The van der Waals surface area contributed by atoms with Crippen molar-refractivity contribution < 1.29 is 22.5 Å². The second kappa shape index (κ2) is 10.1. The molecule has 39 heavy (non-hydrogen) atoms. The molecule has 3 aromatic heterocycles. The zero-order valence-corrected chi connectivity index (χ0v) is 22.8. The highest BCUT2D eigenvalue weighted by Gasteiger charge is 2.39. The number of amides is 1. The third-order valence-electron chi connectivity index (χ3n) is 6.40. The van der Waals surface area contributed by atoms with E-state index in [1.807, 2.05) is 0 Å². The highest BCUT2D eigenvalue weighted by Crippen LogP contribution is 2.37. The van der Waals surface area contributed by atoms with Crippen molar-refractivity contribution in [2.24, 2.45) is 5.92 Å². The molecule has 0 spiro atoms. The molecule has 4 aromatic rings. The van der Waals surface area contributed by atoms with E-state index in [0.29, 0.717) is 41.3 Å². The number of carbonyl (C=O) groups excluding carboxylic acids is 1. The Kier molecular flexibility index (Phi) is 6.81. The second-order valence-corrected chi connectivity index (χ2v) is 11.8. The van der Waals surface area contributed by atoms with E-state index in [1.54, 1.807) is 49.5 Å². The molecule has 0 aliphatic carbocycles. The minimum Gasteiger partial charge on any atom is -0.439 e. The first-order valence-corrected chi connectivity index (χ1v) is 13.9. The number of aromatic nitrogens is 4. The Balaban J connectivity index is 1.36. The van der Waals surface area contributed by atoms with Gasteiger partial charge in [0.05, 0.1) is 5.56 Å². The molecule has 1 atom stereocenters. The van der Waals surface area contributed by atoms with Gasteiger partial charge in [0.25, 0.3) is 15.9 Å². The predicted octanol–water partition coefficient (Wildman–Crippen LogP) is 4.37. The van der Waals surface area contributed by atoms with Crippen LogP contribution in [0.5, 0.6) is 11.6 Å². The summed E-state index contributed by atoms with van der Waals surface area (Å²) in [5.41, 5.74) is 0.599. The molecule has 11 nitrogen and oxygen atoms in total. The van der Waals surface area contributed by atoms with E-state index in [0.717, 1.165) is 6.42 Å². The molecular formula is C27H28N6O5S. The number of sulfonamides is 1. The average Bonchev–Trinajstić information content (AvgIpc) is 3.45. The number of carbonyl (C=O) groups is 1. The molecular weight excluding hydrogens is 520 g/mol. The van der Waals surface area contributed by atoms with Crippen LogP contribution in [-0.2, 0) is 10.0 Å². The summed E-state index contributed by atoms with van der Waals surface area (Å²) in [6.07, 6.45) is 2.52. The van der Waals surface area contributed by atoms with Gasteiger partial charge in [0, 0.05) is 36.8 Å². The molecule has 1 aromatic carbocycles. The SMILES string of the molecule is Cc1nc(-c2cccc(Oc3cccc(S(=O)(=O)NC(=O)c4cccnc4N4CC(C)CC4(C)C)n3)c2)no1. The molecule has 1 fully saturated rings. The Hall–Kier alpha value is -4.32. The van der Waals surface area contributed by atoms with E-state index >= 15 is 0 Å². The van der Waals surface area contributed by atoms with E-state index in [9.17, 15) is 13.2 Å². The minimum atomic E-state index is -4.32. The number of aryl methyl sites for hydroxylation is 1. The van der Waals surface area contributed by atoms with Crippen LogP contribution >= 0.6 is 0 Å². The molecule has 202 valence electrons. The van der Waals surface area contributed by atoms with Crippen molar-refractivity contribution in [3.63, 3.8) is 0 Å². The first-order valence-electron chi connectivity index (χ1n) is 12.4. The van der Waals surface area contributed by atoms with Crippen LogP contribution in [0.2, 0.25) is 0 Å². The highest BCUT2D eigenvalue weighted by atomic mass is 32.2. The predicted molar refractivity (Wildman–Crippen MR) is 143 cm³/mol. The summed E-state index contributed by atoms with van der Waals surface area (Å²) in [5.74, 6) is 1.31. The van der Waals surface area contributed by atoms with E-state index in [2.05, 4.69) is 50.5 Å². The topological polar surface area (TPSA) is 140 Å². The highest BCUT2D eigenvalue weighted by molar-refractivity contribution is 7.90. The Morgan fingerprint density at radius 2 is 1.92 bits per heavy atom. The number of benzene rings is 1. The van der Waals surface area contributed by atoms with Crippen LogP contribution in [0.25, 0.3) is 11.4 Å². The number of pyridine rings is 2. The van der Waals surface area contributed by atoms with Gasteiger partial charge >= 0.3 is 0 Å². The first kappa shape index (κ1) is 26.3. The van der Waals surface area contributed by atoms with Crippen molar-refractivity contribution in [2.75, 3.05) is 11.4 Å². The van der Waals surface area contributed by atoms with Crippen LogP contribution in [0.3, 0.4) is 0 Å². The zero-order chi connectivity index (χ0) is 27.8. The van der Waals surface area contributed by atoms with Gasteiger partial charge in [-0.3, -0.25) is 4.79 Å². The molecule has 1 unspecified atom stereocenters. The van der Waals surface area contributed by atoms with Gasteiger partial charge in [0.1, 0.15) is 11.6 Å². The standard InChI is InChI=1S/C27H28N6O5S/c1-17-15-27(3,4)33(16-17)25-21(10-7-13-28-25)26(34)32-39(35,36)23-12-6-11-22(30-23)37-20-9-5-8-19(14-20)24-29-18(2)38-31-24/h5-14,17H,15-16H2,1-4H3,(H,32,34). The van der Waals surface area contributed by atoms with E-state index in [4.69, 9.17) is 9.26 Å². The lowest BCUT2D eigenvalue weighted by atomic mass is 9.97. The number of rotatable bonds is 7. The van der Waals surface area contributed by atoms with Crippen LogP contribution in [-0.4, -0.2) is 46.5 Å². The number of nitrogens with zero attached hydrogens (tertiary/aromatic N) is 5. The van der Waals surface area contributed by atoms with Crippen molar-refractivity contribution in [2.45, 2.75) is 44.7 Å². The van der Waals surface area contributed by atoms with Crippen molar-refractivity contribution in [1.82, 2.24) is 24.8 Å². The first-order chi connectivity index (χ1) is 18.5. The Morgan fingerprint density at radius 1 is 1.13 bits per heavy atom. The average molecular weight is 549 g/mol. The molecule has 1 aliphatic heterocycles. The molecule has 12 heteroatoms. The summed E-state index contributed by atoms with van der Waals surface area (Å²) in [6, 6.07) is 14.4. The van der Waals surface area contributed by atoms with Gasteiger partial charge in [-0.15, -0.1) is 0 Å². The van der Waals surface area contributed by atoms with Gasteiger partial charge in [-0.2, -0.15) is 18.4 Å². The summed E-state index contributed by atoms with van der Waals surface area (Å²) in [7, 11) is -4.32. The maximum Gasteiger partial charge on any atom is 0.281 e. The van der Waals surface area contributed by atoms with Gasteiger partial charge in [0.15, 0.2) is 5.03 Å². The Labute approximate surface area is 226 Å². The molecule has 1 amide bonds. The number of nitrogens with one attached hydrogen (secondary N) is 1. The maximum absolute atomic E-state index is 13.2. The fraction of sp³-hybridized carbons (Fsp3) is 0.296. The van der Waals surface area contributed by atoms with Crippen molar-refractivity contribution in [3.05, 3.63) is 72.2 Å². The number of hydrogen-bond acceptors (Lipinski definition) is 10. The normalized spacial score (nSPS) is 16.7. The lowest BCUT2D eigenvalue weighted by Gasteiger charge is -2.33. The van der Waals surface area contributed by atoms with E-state index in [1.165, 1.54) is 18.2 Å². The zero-order valence-electron chi connectivity index (χ0n) is 22.0. The fourth-order valence-electron chi connectivity index (χ4n) is 4.82. The van der Waals surface area contributed by atoms with Gasteiger partial charge in [-0.1, -0.05) is 30.3 Å². The smallest absolute Gasteiger partial charge is 0.281 e. The summed E-state index contributed by atoms with van der Waals surface area (Å²) >= 11 is 0. The number of ether oxygens (including phenoxy) is 1. The fourth-order valence-corrected chi connectivity index (χ4v) is 5.74. The molecule has 0 bridgehead atoms. The Morgan fingerprint density at radius 3 is 2.64 bits per heavy atom. The summed E-state index contributed by atoms with van der Waals surface area (Å²) in [4.78, 5) is 28.0. The Bertz CT molecular complexity index is 1630.